The van der Waals surface area contributed by atoms with Gasteiger partial charge in [0.15, 0.2) is 0 Å². The number of rotatable bonds is 6. The minimum Gasteiger partial charge on any atom is -0.464 e. The summed E-state index contributed by atoms with van der Waals surface area (Å²) < 4.78 is 5.02. The van der Waals surface area contributed by atoms with E-state index in [1.165, 1.54) is 6.92 Å². The number of ether oxygens (including phenoxy) is 1. The van der Waals surface area contributed by atoms with Crippen LogP contribution in [0.5, 0.6) is 0 Å². The highest BCUT2D eigenvalue weighted by molar-refractivity contribution is 5.92. The van der Waals surface area contributed by atoms with Crippen LogP contribution in [0.4, 0.5) is 0 Å². The van der Waals surface area contributed by atoms with Gasteiger partial charge in [-0.2, -0.15) is 0 Å². The predicted octanol–water partition coefficient (Wildman–Crippen LogP) is -0.524. The van der Waals surface area contributed by atoms with E-state index in [2.05, 4.69) is 10.6 Å². The van der Waals surface area contributed by atoms with Crippen LogP contribution >= 0.6 is 0 Å². The SMILES string of the molecule is CCOC(=O)C1(NC(=O)C(CO)NC(C)=O)CCCC1. The molecule has 0 radical (unpaired) electrons. The van der Waals surface area contributed by atoms with Crippen molar-refractivity contribution in [1.29, 1.82) is 0 Å². The van der Waals surface area contributed by atoms with Crippen molar-refractivity contribution in [2.24, 2.45) is 0 Å². The maximum absolute atomic E-state index is 12.1. The van der Waals surface area contributed by atoms with Crippen molar-refractivity contribution in [3.05, 3.63) is 0 Å². The second-order valence-corrected chi connectivity index (χ2v) is 4.93. The van der Waals surface area contributed by atoms with Gasteiger partial charge in [-0.25, -0.2) is 4.79 Å². The molecule has 0 aliphatic heterocycles. The van der Waals surface area contributed by atoms with Crippen LogP contribution in [0.3, 0.4) is 0 Å². The third kappa shape index (κ3) is 3.93. The van der Waals surface area contributed by atoms with Crippen LogP contribution in [0.2, 0.25) is 0 Å². The Morgan fingerprint density at radius 1 is 1.30 bits per heavy atom. The zero-order valence-corrected chi connectivity index (χ0v) is 11.9. The minimum atomic E-state index is -1.06. The quantitative estimate of drug-likeness (QED) is 0.570. The summed E-state index contributed by atoms with van der Waals surface area (Å²) in [5, 5.41) is 14.1. The monoisotopic (exact) mass is 286 g/mol. The molecule has 0 heterocycles. The van der Waals surface area contributed by atoms with Gasteiger partial charge in [-0.15, -0.1) is 0 Å². The summed E-state index contributed by atoms with van der Waals surface area (Å²) in [6.07, 6.45) is 2.66. The van der Waals surface area contributed by atoms with E-state index in [1.54, 1.807) is 6.92 Å². The lowest BCUT2D eigenvalue weighted by atomic mass is 9.97. The van der Waals surface area contributed by atoms with Crippen molar-refractivity contribution >= 4 is 17.8 Å². The molecule has 1 unspecified atom stereocenters. The molecule has 3 N–H and O–H groups in total. The fraction of sp³-hybridized carbons (Fsp3) is 0.769. The molecule has 1 fully saturated rings. The molecule has 1 saturated carbocycles. The van der Waals surface area contributed by atoms with E-state index < -0.39 is 36.0 Å². The smallest absolute Gasteiger partial charge is 0.331 e. The lowest BCUT2D eigenvalue weighted by Crippen LogP contribution is -2.59. The lowest BCUT2D eigenvalue weighted by Gasteiger charge is -2.29. The standard InChI is InChI=1S/C13H22N2O5/c1-3-20-12(19)13(6-4-5-7-13)15-11(18)10(8-16)14-9(2)17/h10,16H,3-8H2,1-2H3,(H,14,17)(H,15,18). The van der Waals surface area contributed by atoms with E-state index >= 15 is 0 Å². The van der Waals surface area contributed by atoms with Gasteiger partial charge in [0, 0.05) is 6.92 Å². The zero-order valence-electron chi connectivity index (χ0n) is 11.9. The molecule has 20 heavy (non-hydrogen) atoms. The van der Waals surface area contributed by atoms with E-state index in [4.69, 9.17) is 9.84 Å². The highest BCUT2D eigenvalue weighted by Crippen LogP contribution is 2.31. The van der Waals surface area contributed by atoms with Crippen LogP contribution in [0, 0.1) is 0 Å². The number of carbonyl (C=O) groups excluding carboxylic acids is 3. The van der Waals surface area contributed by atoms with Gasteiger partial charge in [-0.05, 0) is 19.8 Å². The van der Waals surface area contributed by atoms with Crippen molar-refractivity contribution in [2.45, 2.75) is 51.1 Å². The summed E-state index contributed by atoms with van der Waals surface area (Å²) in [4.78, 5) is 35.1. The molecule has 0 aromatic carbocycles. The Morgan fingerprint density at radius 3 is 2.35 bits per heavy atom. The Labute approximate surface area is 118 Å². The van der Waals surface area contributed by atoms with E-state index in [1.807, 2.05) is 0 Å². The molecule has 1 aliphatic rings. The first kappa shape index (κ1) is 16.4. The molecule has 7 nitrogen and oxygen atoms in total. The zero-order chi connectivity index (χ0) is 15.2. The Morgan fingerprint density at radius 2 is 1.90 bits per heavy atom. The molecule has 0 spiro atoms. The fourth-order valence-electron chi connectivity index (χ4n) is 2.39. The van der Waals surface area contributed by atoms with Crippen molar-refractivity contribution < 1.29 is 24.2 Å². The summed E-state index contributed by atoms with van der Waals surface area (Å²) >= 11 is 0. The summed E-state index contributed by atoms with van der Waals surface area (Å²) in [5.41, 5.74) is -1.03. The van der Waals surface area contributed by atoms with Crippen LogP contribution < -0.4 is 10.6 Å². The second-order valence-electron chi connectivity index (χ2n) is 4.93. The van der Waals surface area contributed by atoms with E-state index in [0.717, 1.165) is 12.8 Å². The summed E-state index contributed by atoms with van der Waals surface area (Å²) in [6, 6.07) is -1.06. The van der Waals surface area contributed by atoms with Gasteiger partial charge in [-0.3, -0.25) is 9.59 Å². The first-order valence-corrected chi connectivity index (χ1v) is 6.82. The van der Waals surface area contributed by atoms with Crippen molar-refractivity contribution in [3.63, 3.8) is 0 Å². The second kappa shape index (κ2) is 7.23. The predicted molar refractivity (Wildman–Crippen MR) is 70.7 cm³/mol. The molecule has 114 valence electrons. The molecule has 0 bridgehead atoms. The molecule has 0 aromatic rings. The average Bonchev–Trinajstić information content (AvgIpc) is 2.85. The number of esters is 1. The van der Waals surface area contributed by atoms with Gasteiger partial charge in [0.1, 0.15) is 11.6 Å². The molecule has 1 atom stereocenters. The highest BCUT2D eigenvalue weighted by atomic mass is 16.5. The number of aliphatic hydroxyl groups excluding tert-OH is 1. The highest BCUT2D eigenvalue weighted by Gasteiger charge is 2.44. The van der Waals surface area contributed by atoms with Crippen molar-refractivity contribution in [3.8, 4) is 0 Å². The molecule has 2 amide bonds. The summed E-state index contributed by atoms with van der Waals surface area (Å²) in [6.45, 7) is 2.68. The number of nitrogens with one attached hydrogen (secondary N) is 2. The van der Waals surface area contributed by atoms with Gasteiger partial charge in [0.25, 0.3) is 0 Å². The molecule has 0 saturated heterocycles. The van der Waals surface area contributed by atoms with Crippen LogP contribution in [-0.4, -0.2) is 47.7 Å². The Balaban J connectivity index is 2.77. The van der Waals surface area contributed by atoms with E-state index in [9.17, 15) is 14.4 Å². The molecular formula is C13H22N2O5. The Kier molecular flexibility index (Phi) is 5.94. The number of hydrogen-bond donors (Lipinski definition) is 3. The first-order valence-electron chi connectivity index (χ1n) is 6.82. The fourth-order valence-corrected chi connectivity index (χ4v) is 2.39. The molecule has 1 rings (SSSR count). The van der Waals surface area contributed by atoms with Crippen molar-refractivity contribution in [2.75, 3.05) is 13.2 Å². The number of aliphatic hydroxyl groups is 1. The van der Waals surface area contributed by atoms with E-state index in [-0.39, 0.29) is 6.61 Å². The number of hydrogen-bond acceptors (Lipinski definition) is 5. The molecule has 1 aliphatic carbocycles. The number of amides is 2. The largest absolute Gasteiger partial charge is 0.464 e. The maximum atomic E-state index is 12.1. The lowest BCUT2D eigenvalue weighted by molar-refractivity contribution is -0.153. The normalized spacial score (nSPS) is 18.1. The minimum absolute atomic E-state index is 0.242. The third-order valence-electron chi connectivity index (χ3n) is 3.36. The molecule has 7 heteroatoms. The van der Waals surface area contributed by atoms with Crippen LogP contribution in [0.25, 0.3) is 0 Å². The van der Waals surface area contributed by atoms with Gasteiger partial charge in [-0.1, -0.05) is 12.8 Å². The van der Waals surface area contributed by atoms with Crippen LogP contribution in [-0.2, 0) is 19.1 Å². The van der Waals surface area contributed by atoms with Crippen molar-refractivity contribution in [1.82, 2.24) is 10.6 Å². The Bertz CT molecular complexity index is 377. The molecular weight excluding hydrogens is 264 g/mol. The molecule has 0 aromatic heterocycles. The van der Waals surface area contributed by atoms with Crippen LogP contribution in [0.1, 0.15) is 39.5 Å². The number of carbonyl (C=O) groups is 3. The van der Waals surface area contributed by atoms with Crippen LogP contribution in [0.15, 0.2) is 0 Å². The van der Waals surface area contributed by atoms with Gasteiger partial charge in [0.2, 0.25) is 11.8 Å². The maximum Gasteiger partial charge on any atom is 0.331 e. The van der Waals surface area contributed by atoms with E-state index in [0.29, 0.717) is 12.8 Å². The Hall–Kier alpha value is -1.63. The third-order valence-corrected chi connectivity index (χ3v) is 3.36. The first-order chi connectivity index (χ1) is 9.45. The average molecular weight is 286 g/mol. The van der Waals surface area contributed by atoms with Gasteiger partial charge >= 0.3 is 5.97 Å². The van der Waals surface area contributed by atoms with Gasteiger partial charge < -0.3 is 20.5 Å². The topological polar surface area (TPSA) is 105 Å². The van der Waals surface area contributed by atoms with Gasteiger partial charge in [0.05, 0.1) is 13.2 Å². The summed E-state index contributed by atoms with van der Waals surface area (Å²) in [7, 11) is 0. The summed E-state index contributed by atoms with van der Waals surface area (Å²) in [5.74, 6) is -1.45.